The van der Waals surface area contributed by atoms with Crippen LogP contribution in [-0.2, 0) is 4.74 Å². The predicted molar refractivity (Wildman–Crippen MR) is 49.5 cm³/mol. The topological polar surface area (TPSA) is 79.9 Å². The molecule has 0 bridgehead atoms. The van der Waals surface area contributed by atoms with Gasteiger partial charge in [0, 0.05) is 12.5 Å². The third-order valence-corrected chi connectivity index (χ3v) is 2.82. The third-order valence-electron chi connectivity index (χ3n) is 2.82. The van der Waals surface area contributed by atoms with E-state index in [1.54, 1.807) is 7.11 Å². The van der Waals surface area contributed by atoms with E-state index in [1.165, 1.54) is 0 Å². The van der Waals surface area contributed by atoms with Crippen molar-refractivity contribution in [1.29, 1.82) is 0 Å². The molecule has 1 aliphatic carbocycles. The Morgan fingerprint density at radius 3 is 2.69 bits per heavy atom. The molecule has 1 fully saturated rings. The molecule has 0 radical (unpaired) electrons. The quantitative estimate of drug-likeness (QED) is 0.325. The highest BCUT2D eigenvalue weighted by atomic mass is 16.5. The number of rotatable bonds is 2. The lowest BCUT2D eigenvalue weighted by Crippen LogP contribution is -2.54. The van der Waals surface area contributed by atoms with E-state index in [4.69, 9.17) is 15.7 Å². The van der Waals surface area contributed by atoms with Crippen LogP contribution in [0.1, 0.15) is 20.3 Å². The zero-order chi connectivity index (χ0) is 10.1. The van der Waals surface area contributed by atoms with Crippen LogP contribution in [0.5, 0.6) is 0 Å². The van der Waals surface area contributed by atoms with E-state index in [2.05, 4.69) is 18.8 Å². The van der Waals surface area contributed by atoms with Gasteiger partial charge in [0.05, 0.1) is 12.1 Å². The third kappa shape index (κ3) is 1.76. The molecule has 13 heavy (non-hydrogen) atoms. The van der Waals surface area contributed by atoms with Crippen LogP contribution in [0.4, 0.5) is 0 Å². The van der Waals surface area contributed by atoms with Gasteiger partial charge < -0.3 is 10.5 Å². The average Bonchev–Trinajstić information content (AvgIpc) is 2.10. The zero-order valence-corrected chi connectivity index (χ0v) is 8.24. The number of hydroxylamine groups is 1. The minimum Gasteiger partial charge on any atom is -0.381 e. The fraction of sp³-hybridized carbons (Fsp3) is 0.875. The monoisotopic (exact) mass is 187 g/mol. The number of hydrogen-bond acceptors (Lipinski definition) is 3. The first-order chi connectivity index (χ1) is 6.02. The van der Waals surface area contributed by atoms with Crippen molar-refractivity contribution in [3.05, 3.63) is 0 Å². The van der Waals surface area contributed by atoms with Crippen LogP contribution in [0.3, 0.4) is 0 Å². The van der Waals surface area contributed by atoms with Gasteiger partial charge in [-0.3, -0.25) is 5.21 Å². The molecule has 0 aromatic carbocycles. The molecular formula is C8H17N3O2. The van der Waals surface area contributed by atoms with Crippen molar-refractivity contribution in [2.45, 2.75) is 32.4 Å². The second kappa shape index (κ2) is 3.51. The molecule has 0 amide bonds. The predicted octanol–water partition coefficient (Wildman–Crippen LogP) is 0.0934. The number of ether oxygens (including phenoxy) is 1. The maximum absolute atomic E-state index is 8.46. The molecule has 76 valence electrons. The molecule has 0 heterocycles. The van der Waals surface area contributed by atoms with E-state index in [0.717, 1.165) is 6.42 Å². The van der Waals surface area contributed by atoms with Crippen LogP contribution >= 0.6 is 0 Å². The maximum Gasteiger partial charge on any atom is 0.213 e. The molecule has 1 saturated carbocycles. The van der Waals surface area contributed by atoms with Crippen molar-refractivity contribution in [2.75, 3.05) is 7.11 Å². The molecule has 2 unspecified atom stereocenters. The van der Waals surface area contributed by atoms with Gasteiger partial charge in [-0.05, 0) is 6.42 Å². The average molecular weight is 187 g/mol. The highest BCUT2D eigenvalue weighted by Gasteiger charge is 2.48. The number of nitrogens with two attached hydrogens (primary N) is 1. The Kier molecular flexibility index (Phi) is 2.77. The summed E-state index contributed by atoms with van der Waals surface area (Å²) in [5, 5.41) is 8.46. The van der Waals surface area contributed by atoms with E-state index < -0.39 is 0 Å². The standard InChI is InChI=1S/C8H17N3O2/c1-8(2)5(4-6(8)13-3)10-7(9)11-12/h5-6,12H,4H2,1-3H3,(H3,9,10,11). The Morgan fingerprint density at radius 2 is 2.31 bits per heavy atom. The van der Waals surface area contributed by atoms with Gasteiger partial charge in [0.25, 0.3) is 0 Å². The first-order valence-corrected chi connectivity index (χ1v) is 4.28. The summed E-state index contributed by atoms with van der Waals surface area (Å²) in [6.45, 7) is 4.15. The van der Waals surface area contributed by atoms with Crippen LogP contribution in [0.25, 0.3) is 0 Å². The van der Waals surface area contributed by atoms with Gasteiger partial charge in [-0.1, -0.05) is 13.8 Å². The zero-order valence-electron chi connectivity index (χ0n) is 8.24. The Morgan fingerprint density at radius 1 is 1.69 bits per heavy atom. The van der Waals surface area contributed by atoms with Crippen molar-refractivity contribution in [3.8, 4) is 0 Å². The maximum atomic E-state index is 8.46. The number of hydrogen-bond donors (Lipinski definition) is 3. The molecule has 5 nitrogen and oxygen atoms in total. The summed E-state index contributed by atoms with van der Waals surface area (Å²) in [6.07, 6.45) is 1.08. The smallest absolute Gasteiger partial charge is 0.213 e. The molecule has 5 heteroatoms. The van der Waals surface area contributed by atoms with Gasteiger partial charge in [0.2, 0.25) is 5.96 Å². The largest absolute Gasteiger partial charge is 0.381 e. The molecular weight excluding hydrogens is 170 g/mol. The fourth-order valence-electron chi connectivity index (χ4n) is 1.68. The van der Waals surface area contributed by atoms with Gasteiger partial charge in [-0.2, -0.15) is 0 Å². The number of aliphatic imine (C=N–C) groups is 1. The van der Waals surface area contributed by atoms with E-state index in [1.807, 2.05) is 5.48 Å². The number of methoxy groups -OCH3 is 1. The van der Waals surface area contributed by atoms with Crippen molar-refractivity contribution < 1.29 is 9.94 Å². The summed E-state index contributed by atoms with van der Waals surface area (Å²) in [6, 6.07) is 0.122. The fourth-order valence-corrected chi connectivity index (χ4v) is 1.68. The second-order valence-corrected chi connectivity index (χ2v) is 3.92. The minimum atomic E-state index is -0.00375. The summed E-state index contributed by atoms with van der Waals surface area (Å²) < 4.78 is 5.25. The number of nitrogens with one attached hydrogen (secondary N) is 1. The van der Waals surface area contributed by atoms with Gasteiger partial charge >= 0.3 is 0 Å². The highest BCUT2D eigenvalue weighted by Crippen LogP contribution is 2.44. The van der Waals surface area contributed by atoms with Crippen molar-refractivity contribution in [3.63, 3.8) is 0 Å². The van der Waals surface area contributed by atoms with Crippen LogP contribution in [0, 0.1) is 5.41 Å². The molecule has 2 atom stereocenters. The first-order valence-electron chi connectivity index (χ1n) is 4.28. The molecule has 0 aromatic rings. The van der Waals surface area contributed by atoms with Crippen molar-refractivity contribution in [1.82, 2.24) is 5.48 Å². The van der Waals surface area contributed by atoms with E-state index in [9.17, 15) is 0 Å². The van der Waals surface area contributed by atoms with Crippen LogP contribution in [0.15, 0.2) is 4.99 Å². The molecule has 0 spiro atoms. The summed E-state index contributed by atoms with van der Waals surface area (Å²) in [7, 11) is 1.69. The molecule has 1 rings (SSSR count). The molecule has 0 saturated heterocycles. The SMILES string of the molecule is COC1CC(N=C(N)NO)C1(C)C. The lowest BCUT2D eigenvalue weighted by atomic mass is 9.65. The highest BCUT2D eigenvalue weighted by molar-refractivity contribution is 5.76. The molecule has 0 aliphatic heterocycles. The Bertz CT molecular complexity index is 215. The van der Waals surface area contributed by atoms with Crippen LogP contribution < -0.4 is 11.2 Å². The normalized spacial score (nSPS) is 32.5. The van der Waals surface area contributed by atoms with Crippen LogP contribution in [-0.4, -0.2) is 30.4 Å². The Hall–Kier alpha value is -0.810. The minimum absolute atomic E-state index is 0.00375. The summed E-state index contributed by atoms with van der Waals surface area (Å²) in [5.41, 5.74) is 7.16. The first kappa shape index (κ1) is 10.3. The van der Waals surface area contributed by atoms with Crippen LogP contribution in [0.2, 0.25) is 0 Å². The summed E-state index contributed by atoms with van der Waals surface area (Å²) >= 11 is 0. The Labute approximate surface area is 77.9 Å². The number of guanidine groups is 1. The van der Waals surface area contributed by atoms with E-state index in [0.29, 0.717) is 0 Å². The lowest BCUT2D eigenvalue weighted by Gasteiger charge is -2.48. The lowest BCUT2D eigenvalue weighted by molar-refractivity contribution is -0.0853. The van der Waals surface area contributed by atoms with E-state index in [-0.39, 0.29) is 23.5 Å². The van der Waals surface area contributed by atoms with Gasteiger partial charge in [0.1, 0.15) is 0 Å². The Balaban J connectivity index is 2.58. The molecule has 4 N–H and O–H groups in total. The van der Waals surface area contributed by atoms with Gasteiger partial charge in [-0.15, -0.1) is 0 Å². The van der Waals surface area contributed by atoms with Crippen molar-refractivity contribution >= 4 is 5.96 Å². The van der Waals surface area contributed by atoms with Gasteiger partial charge in [0.15, 0.2) is 0 Å². The second-order valence-electron chi connectivity index (χ2n) is 3.92. The molecule has 0 aromatic heterocycles. The van der Waals surface area contributed by atoms with Crippen molar-refractivity contribution in [2.24, 2.45) is 16.1 Å². The van der Waals surface area contributed by atoms with Gasteiger partial charge in [-0.25, -0.2) is 10.5 Å². The summed E-state index contributed by atoms with van der Waals surface area (Å²) in [5.74, 6) is 0.0626. The number of nitrogens with zero attached hydrogens (tertiary/aromatic N) is 1. The molecule has 1 aliphatic rings. The van der Waals surface area contributed by atoms with E-state index >= 15 is 0 Å². The summed E-state index contributed by atoms with van der Waals surface area (Å²) in [4.78, 5) is 4.11.